The molecule has 2 aromatic rings. The van der Waals surface area contributed by atoms with E-state index < -0.39 is 12.3 Å². The zero-order valence-electron chi connectivity index (χ0n) is 14.3. The molecule has 0 bridgehead atoms. The molecule has 1 saturated heterocycles. The van der Waals surface area contributed by atoms with E-state index in [9.17, 15) is 8.78 Å². The molecule has 2 unspecified atom stereocenters. The summed E-state index contributed by atoms with van der Waals surface area (Å²) in [6, 6.07) is 4.25. The van der Waals surface area contributed by atoms with Crippen molar-refractivity contribution in [1.29, 1.82) is 5.26 Å². The van der Waals surface area contributed by atoms with Crippen LogP contribution in [-0.2, 0) is 0 Å². The van der Waals surface area contributed by atoms with Gasteiger partial charge in [0.05, 0.1) is 10.7 Å². The third kappa shape index (κ3) is 4.51. The topological polar surface area (TPSA) is 73.9 Å². The number of nitrogens with one attached hydrogen (secondary N) is 2. The first-order valence-electron chi connectivity index (χ1n) is 8.82. The standard InChI is InChI=1S/C14H14BrN3O.C4H7F2N/c15-13-11-6-10(7-16)19-12(11)8-17-14(13)18-9-4-2-1-3-5-9;5-3-1-7-2-4(3)6/h6,8-9H,1-5H2,(H,17,18);3-4,7H,1-2H2. The number of furan rings is 1. The largest absolute Gasteiger partial charge is 0.444 e. The van der Waals surface area contributed by atoms with Crippen molar-refractivity contribution in [2.24, 2.45) is 0 Å². The maximum Gasteiger partial charge on any atom is 0.204 e. The molecule has 0 radical (unpaired) electrons. The molecule has 1 saturated carbocycles. The maximum atomic E-state index is 11.9. The zero-order chi connectivity index (χ0) is 18.5. The first-order chi connectivity index (χ1) is 12.6. The van der Waals surface area contributed by atoms with Gasteiger partial charge in [-0.3, -0.25) is 0 Å². The van der Waals surface area contributed by atoms with Crippen molar-refractivity contribution < 1.29 is 13.2 Å². The lowest BCUT2D eigenvalue weighted by molar-refractivity contribution is 0.217. The second kappa shape index (κ2) is 8.78. The Kier molecular flexibility index (Phi) is 6.43. The highest BCUT2D eigenvalue weighted by Gasteiger charge is 2.25. The van der Waals surface area contributed by atoms with Gasteiger partial charge < -0.3 is 15.1 Å². The van der Waals surface area contributed by atoms with Crippen LogP contribution in [0.1, 0.15) is 37.9 Å². The quantitative estimate of drug-likeness (QED) is 0.740. The van der Waals surface area contributed by atoms with Gasteiger partial charge in [-0.15, -0.1) is 0 Å². The van der Waals surface area contributed by atoms with Crippen molar-refractivity contribution in [1.82, 2.24) is 10.3 Å². The lowest BCUT2D eigenvalue weighted by atomic mass is 9.95. The molecular weight excluding hydrogens is 406 g/mol. The predicted octanol–water partition coefficient (Wildman–Crippen LogP) is 4.47. The average Bonchev–Trinajstić information content (AvgIpc) is 3.25. The van der Waals surface area contributed by atoms with Crippen LogP contribution < -0.4 is 10.6 Å². The zero-order valence-corrected chi connectivity index (χ0v) is 15.9. The SMILES string of the molecule is FC1CNCC1F.N#Cc1cc2c(Br)c(NC3CCCCC3)ncc2o1. The van der Waals surface area contributed by atoms with Crippen LogP contribution in [0, 0.1) is 11.3 Å². The molecule has 5 nitrogen and oxygen atoms in total. The Morgan fingerprint density at radius 3 is 2.50 bits per heavy atom. The summed E-state index contributed by atoms with van der Waals surface area (Å²) in [5.41, 5.74) is 0.637. The van der Waals surface area contributed by atoms with Gasteiger partial charge in [0.15, 0.2) is 5.58 Å². The minimum atomic E-state index is -1.26. The van der Waals surface area contributed by atoms with Crippen LogP contribution in [0.4, 0.5) is 14.6 Å². The molecule has 8 heteroatoms. The fraction of sp³-hybridized carbons (Fsp3) is 0.556. The molecule has 2 N–H and O–H groups in total. The van der Waals surface area contributed by atoms with Crippen molar-refractivity contribution in [3.8, 4) is 6.07 Å². The molecular formula is C18H21BrF2N4O. The van der Waals surface area contributed by atoms with Gasteiger partial charge >= 0.3 is 0 Å². The average molecular weight is 427 g/mol. The lowest BCUT2D eigenvalue weighted by Crippen LogP contribution is -2.23. The molecule has 26 heavy (non-hydrogen) atoms. The molecule has 140 valence electrons. The Bertz CT molecular complexity index is 777. The molecule has 2 fully saturated rings. The number of nitrogens with zero attached hydrogens (tertiary/aromatic N) is 2. The van der Waals surface area contributed by atoms with E-state index >= 15 is 0 Å². The van der Waals surface area contributed by atoms with Crippen LogP contribution in [0.3, 0.4) is 0 Å². The van der Waals surface area contributed by atoms with Crippen LogP contribution in [0.25, 0.3) is 11.0 Å². The molecule has 0 spiro atoms. The van der Waals surface area contributed by atoms with Crippen LogP contribution >= 0.6 is 15.9 Å². The van der Waals surface area contributed by atoms with E-state index in [2.05, 4.69) is 31.5 Å². The molecule has 4 rings (SSSR count). The number of fused-ring (bicyclic) bond motifs is 1. The molecule has 3 heterocycles. The van der Waals surface area contributed by atoms with Crippen molar-refractivity contribution in [2.45, 2.75) is 50.5 Å². The first kappa shape index (κ1) is 19.1. The highest BCUT2D eigenvalue weighted by molar-refractivity contribution is 9.10. The number of hydrogen-bond acceptors (Lipinski definition) is 5. The molecule has 0 aromatic carbocycles. The molecule has 1 aliphatic carbocycles. The number of pyridine rings is 1. The van der Waals surface area contributed by atoms with Crippen molar-refractivity contribution in [3.05, 3.63) is 22.5 Å². The maximum absolute atomic E-state index is 11.9. The fourth-order valence-corrected chi connectivity index (χ4v) is 3.72. The minimum Gasteiger partial charge on any atom is -0.444 e. The predicted molar refractivity (Wildman–Crippen MR) is 99.6 cm³/mol. The molecule has 2 atom stereocenters. The van der Waals surface area contributed by atoms with Crippen molar-refractivity contribution in [2.75, 3.05) is 18.4 Å². The summed E-state index contributed by atoms with van der Waals surface area (Å²) >= 11 is 3.56. The number of anilines is 1. The normalized spacial score (nSPS) is 23.3. The monoisotopic (exact) mass is 426 g/mol. The van der Waals surface area contributed by atoms with Crippen LogP contribution in [0.5, 0.6) is 0 Å². The Balaban J connectivity index is 0.000000236. The summed E-state index contributed by atoms with van der Waals surface area (Å²) in [6.07, 6.45) is 5.43. The number of hydrogen-bond donors (Lipinski definition) is 2. The smallest absolute Gasteiger partial charge is 0.204 e. The van der Waals surface area contributed by atoms with E-state index in [1.807, 2.05) is 6.07 Å². The molecule has 2 aliphatic rings. The van der Waals surface area contributed by atoms with E-state index in [0.29, 0.717) is 17.4 Å². The second-order valence-corrected chi connectivity index (χ2v) is 7.38. The van der Waals surface area contributed by atoms with Crippen molar-refractivity contribution >= 4 is 32.7 Å². The number of rotatable bonds is 2. The Morgan fingerprint density at radius 1 is 1.23 bits per heavy atom. The summed E-state index contributed by atoms with van der Waals surface area (Å²) in [5.74, 6) is 1.15. The van der Waals surface area contributed by atoms with Crippen molar-refractivity contribution in [3.63, 3.8) is 0 Å². The van der Waals surface area contributed by atoms with Gasteiger partial charge in [0.1, 0.15) is 24.2 Å². The lowest BCUT2D eigenvalue weighted by Gasteiger charge is -2.23. The van der Waals surface area contributed by atoms with Gasteiger partial charge in [-0.2, -0.15) is 5.26 Å². The van der Waals surface area contributed by atoms with Gasteiger partial charge in [-0.05, 0) is 28.8 Å². The van der Waals surface area contributed by atoms with E-state index in [4.69, 9.17) is 9.68 Å². The van der Waals surface area contributed by atoms with Gasteiger partial charge in [0, 0.05) is 30.6 Å². The van der Waals surface area contributed by atoms with Crippen LogP contribution in [0.15, 0.2) is 21.2 Å². The van der Waals surface area contributed by atoms with E-state index in [1.54, 1.807) is 12.3 Å². The van der Waals surface area contributed by atoms with Gasteiger partial charge in [0.25, 0.3) is 0 Å². The van der Waals surface area contributed by atoms with Crippen LogP contribution in [-0.4, -0.2) is 36.5 Å². The first-order valence-corrected chi connectivity index (χ1v) is 9.61. The van der Waals surface area contributed by atoms with E-state index in [0.717, 1.165) is 15.7 Å². The fourth-order valence-electron chi connectivity index (χ4n) is 3.19. The third-order valence-electron chi connectivity index (χ3n) is 4.64. The summed E-state index contributed by atoms with van der Waals surface area (Å²) < 4.78 is 30.0. The summed E-state index contributed by atoms with van der Waals surface area (Å²) in [5, 5.41) is 15.8. The molecule has 1 aliphatic heterocycles. The number of halogens is 3. The number of aromatic nitrogens is 1. The Morgan fingerprint density at radius 2 is 1.92 bits per heavy atom. The summed E-state index contributed by atoms with van der Waals surface area (Å²) in [6.45, 7) is 0.363. The summed E-state index contributed by atoms with van der Waals surface area (Å²) in [4.78, 5) is 4.39. The Hall–Kier alpha value is -1.72. The summed E-state index contributed by atoms with van der Waals surface area (Å²) in [7, 11) is 0. The van der Waals surface area contributed by atoms with Crippen LogP contribution in [0.2, 0.25) is 0 Å². The highest BCUT2D eigenvalue weighted by Crippen LogP contribution is 2.33. The van der Waals surface area contributed by atoms with E-state index in [-0.39, 0.29) is 13.1 Å². The molecule has 0 amide bonds. The minimum absolute atomic E-state index is 0.182. The highest BCUT2D eigenvalue weighted by atomic mass is 79.9. The number of alkyl halides is 2. The molecule has 2 aromatic heterocycles. The number of nitriles is 1. The Labute approximate surface area is 159 Å². The van der Waals surface area contributed by atoms with Gasteiger partial charge in [-0.1, -0.05) is 19.3 Å². The second-order valence-electron chi connectivity index (χ2n) is 6.59. The van der Waals surface area contributed by atoms with Gasteiger partial charge in [-0.25, -0.2) is 13.8 Å². The van der Waals surface area contributed by atoms with Gasteiger partial charge in [0.2, 0.25) is 5.76 Å². The van der Waals surface area contributed by atoms with E-state index in [1.165, 1.54) is 32.1 Å². The third-order valence-corrected chi connectivity index (χ3v) is 5.45.